The predicted octanol–water partition coefficient (Wildman–Crippen LogP) is 1.65. The SMILES string of the molecule is CC(C)CN(CC(N)=O)c1cc(F)cc(C#N)c1. The van der Waals surface area contributed by atoms with Crippen LogP contribution in [0.15, 0.2) is 18.2 Å². The largest absolute Gasteiger partial charge is 0.368 e. The summed E-state index contributed by atoms with van der Waals surface area (Å²) in [5, 5.41) is 8.81. The van der Waals surface area contributed by atoms with Crippen LogP contribution in [0.3, 0.4) is 0 Å². The highest BCUT2D eigenvalue weighted by Crippen LogP contribution is 2.19. The molecule has 1 aromatic rings. The number of carbonyl (C=O) groups is 1. The van der Waals surface area contributed by atoms with E-state index in [9.17, 15) is 9.18 Å². The summed E-state index contributed by atoms with van der Waals surface area (Å²) in [4.78, 5) is 12.7. The Morgan fingerprint density at radius 2 is 2.17 bits per heavy atom. The maximum Gasteiger partial charge on any atom is 0.236 e. The Kier molecular flexibility index (Phi) is 4.67. The maximum absolute atomic E-state index is 13.4. The summed E-state index contributed by atoms with van der Waals surface area (Å²) < 4.78 is 13.4. The van der Waals surface area contributed by atoms with Gasteiger partial charge in [0.25, 0.3) is 0 Å². The van der Waals surface area contributed by atoms with E-state index >= 15 is 0 Å². The van der Waals surface area contributed by atoms with Crippen LogP contribution < -0.4 is 10.6 Å². The fraction of sp³-hybridized carbons (Fsp3) is 0.385. The molecule has 2 N–H and O–H groups in total. The molecular weight excluding hydrogens is 233 g/mol. The van der Waals surface area contributed by atoms with Crippen LogP contribution in [0.25, 0.3) is 0 Å². The Bertz CT molecular complexity index is 480. The number of hydrogen-bond donors (Lipinski definition) is 1. The number of primary amides is 1. The topological polar surface area (TPSA) is 70.1 Å². The Morgan fingerprint density at radius 1 is 1.50 bits per heavy atom. The Balaban J connectivity index is 3.07. The van der Waals surface area contributed by atoms with Gasteiger partial charge in [0.15, 0.2) is 0 Å². The van der Waals surface area contributed by atoms with Crippen LogP contribution in [-0.2, 0) is 4.79 Å². The summed E-state index contributed by atoms with van der Waals surface area (Å²) >= 11 is 0. The Labute approximate surface area is 106 Å². The molecule has 0 aliphatic heterocycles. The first kappa shape index (κ1) is 14.0. The van der Waals surface area contributed by atoms with Gasteiger partial charge in [-0.1, -0.05) is 13.8 Å². The molecule has 5 heteroatoms. The molecule has 0 bridgehead atoms. The van der Waals surface area contributed by atoms with Crippen molar-refractivity contribution in [2.24, 2.45) is 11.7 Å². The van der Waals surface area contributed by atoms with Crippen LogP contribution in [0, 0.1) is 23.1 Å². The molecule has 1 rings (SSSR count). The van der Waals surface area contributed by atoms with Gasteiger partial charge >= 0.3 is 0 Å². The van der Waals surface area contributed by atoms with Gasteiger partial charge in [-0.05, 0) is 24.1 Å². The van der Waals surface area contributed by atoms with E-state index < -0.39 is 11.7 Å². The van der Waals surface area contributed by atoms with Crippen molar-refractivity contribution in [3.63, 3.8) is 0 Å². The zero-order chi connectivity index (χ0) is 13.7. The van der Waals surface area contributed by atoms with Gasteiger partial charge in [-0.25, -0.2) is 4.39 Å². The first-order chi connectivity index (χ1) is 8.42. The molecule has 0 fully saturated rings. The van der Waals surface area contributed by atoms with Crippen LogP contribution >= 0.6 is 0 Å². The van der Waals surface area contributed by atoms with Crippen molar-refractivity contribution in [1.82, 2.24) is 0 Å². The summed E-state index contributed by atoms with van der Waals surface area (Å²) in [5.74, 6) is -0.696. The van der Waals surface area contributed by atoms with E-state index in [1.54, 1.807) is 11.0 Å². The van der Waals surface area contributed by atoms with Gasteiger partial charge in [0.05, 0.1) is 18.2 Å². The molecule has 4 nitrogen and oxygen atoms in total. The minimum atomic E-state index is -0.498. The van der Waals surface area contributed by atoms with Crippen molar-refractivity contribution in [2.45, 2.75) is 13.8 Å². The number of nitrogens with two attached hydrogens (primary N) is 1. The molecule has 0 atom stereocenters. The molecule has 0 heterocycles. The van der Waals surface area contributed by atoms with E-state index in [1.807, 2.05) is 19.9 Å². The quantitative estimate of drug-likeness (QED) is 0.862. The number of rotatable bonds is 5. The molecule has 0 aliphatic rings. The lowest BCUT2D eigenvalue weighted by Gasteiger charge is -2.25. The lowest BCUT2D eigenvalue weighted by atomic mass is 10.1. The highest BCUT2D eigenvalue weighted by atomic mass is 19.1. The molecule has 0 saturated heterocycles. The first-order valence-corrected chi connectivity index (χ1v) is 5.66. The molecule has 0 aromatic heterocycles. The van der Waals surface area contributed by atoms with Crippen molar-refractivity contribution in [2.75, 3.05) is 18.0 Å². The minimum Gasteiger partial charge on any atom is -0.368 e. The summed E-state index contributed by atoms with van der Waals surface area (Å²) in [5.41, 5.74) is 5.90. The number of anilines is 1. The molecule has 0 radical (unpaired) electrons. The normalized spacial score (nSPS) is 10.2. The number of halogens is 1. The lowest BCUT2D eigenvalue weighted by Crippen LogP contribution is -2.36. The molecule has 0 saturated carbocycles. The zero-order valence-corrected chi connectivity index (χ0v) is 10.5. The number of benzene rings is 1. The molecular formula is C13H16FN3O. The third-order valence-electron chi connectivity index (χ3n) is 2.31. The monoisotopic (exact) mass is 249 g/mol. The summed E-state index contributed by atoms with van der Waals surface area (Å²) in [7, 11) is 0. The van der Waals surface area contributed by atoms with Crippen LogP contribution in [0.5, 0.6) is 0 Å². The van der Waals surface area contributed by atoms with Gasteiger partial charge in [-0.3, -0.25) is 4.79 Å². The highest BCUT2D eigenvalue weighted by Gasteiger charge is 2.13. The predicted molar refractivity (Wildman–Crippen MR) is 67.4 cm³/mol. The summed E-state index contributed by atoms with van der Waals surface area (Å²) in [6, 6.07) is 5.89. The fourth-order valence-corrected chi connectivity index (χ4v) is 1.71. The fourth-order valence-electron chi connectivity index (χ4n) is 1.71. The molecule has 0 spiro atoms. The van der Waals surface area contributed by atoms with Gasteiger partial charge in [0.2, 0.25) is 5.91 Å². The number of nitrogens with zero attached hydrogens (tertiary/aromatic N) is 2. The van der Waals surface area contributed by atoms with E-state index in [-0.39, 0.29) is 18.0 Å². The summed E-state index contributed by atoms with van der Waals surface area (Å²) in [6.07, 6.45) is 0. The second kappa shape index (κ2) is 6.01. The van der Waals surface area contributed by atoms with Crippen molar-refractivity contribution < 1.29 is 9.18 Å². The zero-order valence-electron chi connectivity index (χ0n) is 10.5. The molecule has 0 aliphatic carbocycles. The average molecular weight is 249 g/mol. The van der Waals surface area contributed by atoms with E-state index in [0.717, 1.165) is 6.07 Å². The van der Waals surface area contributed by atoms with E-state index in [1.165, 1.54) is 6.07 Å². The van der Waals surface area contributed by atoms with E-state index in [4.69, 9.17) is 11.0 Å². The smallest absolute Gasteiger partial charge is 0.236 e. The van der Waals surface area contributed by atoms with Crippen LogP contribution in [0.4, 0.5) is 10.1 Å². The second-order valence-electron chi connectivity index (χ2n) is 4.55. The van der Waals surface area contributed by atoms with Crippen molar-refractivity contribution in [3.8, 4) is 6.07 Å². The molecule has 96 valence electrons. The number of carbonyl (C=O) groups excluding carboxylic acids is 1. The average Bonchev–Trinajstić information content (AvgIpc) is 2.26. The van der Waals surface area contributed by atoms with Crippen LogP contribution in [0.1, 0.15) is 19.4 Å². The van der Waals surface area contributed by atoms with Gasteiger partial charge in [0.1, 0.15) is 5.82 Å². The molecule has 0 unspecified atom stereocenters. The third-order valence-corrected chi connectivity index (χ3v) is 2.31. The molecule has 1 amide bonds. The van der Waals surface area contributed by atoms with Gasteiger partial charge in [-0.15, -0.1) is 0 Å². The molecule has 1 aromatic carbocycles. The lowest BCUT2D eigenvalue weighted by molar-refractivity contribution is -0.116. The van der Waals surface area contributed by atoms with Gasteiger partial charge in [-0.2, -0.15) is 5.26 Å². The minimum absolute atomic E-state index is 0.00645. The first-order valence-electron chi connectivity index (χ1n) is 5.66. The van der Waals surface area contributed by atoms with Crippen molar-refractivity contribution in [1.29, 1.82) is 5.26 Å². The van der Waals surface area contributed by atoms with Crippen molar-refractivity contribution in [3.05, 3.63) is 29.6 Å². The summed E-state index contributed by atoms with van der Waals surface area (Å²) in [6.45, 7) is 4.54. The molecule has 18 heavy (non-hydrogen) atoms. The number of nitriles is 1. The second-order valence-corrected chi connectivity index (χ2v) is 4.55. The number of hydrogen-bond acceptors (Lipinski definition) is 3. The van der Waals surface area contributed by atoms with Gasteiger partial charge < -0.3 is 10.6 Å². The number of amides is 1. The van der Waals surface area contributed by atoms with Crippen molar-refractivity contribution >= 4 is 11.6 Å². The standard InChI is InChI=1S/C13H16FN3O/c1-9(2)7-17(8-13(16)18)12-4-10(6-15)3-11(14)5-12/h3-5,9H,7-8H2,1-2H3,(H2,16,18). The van der Waals surface area contributed by atoms with E-state index in [0.29, 0.717) is 12.2 Å². The Hall–Kier alpha value is -2.09. The highest BCUT2D eigenvalue weighted by molar-refractivity contribution is 5.79. The maximum atomic E-state index is 13.4. The van der Waals surface area contributed by atoms with E-state index in [2.05, 4.69) is 0 Å². The third kappa shape index (κ3) is 4.06. The van der Waals surface area contributed by atoms with Gasteiger partial charge in [0, 0.05) is 12.2 Å². The van der Waals surface area contributed by atoms with Crippen LogP contribution in [-0.4, -0.2) is 19.0 Å². The van der Waals surface area contributed by atoms with Crippen LogP contribution in [0.2, 0.25) is 0 Å². The Morgan fingerprint density at radius 3 is 2.67 bits per heavy atom.